The van der Waals surface area contributed by atoms with Crippen LogP contribution in [0.25, 0.3) is 5.57 Å². The van der Waals surface area contributed by atoms with Crippen LogP contribution >= 0.6 is 0 Å². The molecule has 4 rings (SSSR count). The number of halogens is 3. The molecule has 1 fully saturated rings. The quantitative estimate of drug-likeness (QED) is 0.537. The number of benzene rings is 2. The number of carbonyl (C=O) groups excluding carboxylic acids is 3. The maximum absolute atomic E-state index is 13.5. The van der Waals surface area contributed by atoms with Crippen LogP contribution in [0.15, 0.2) is 72.3 Å². The zero-order valence-electron chi connectivity index (χ0n) is 20.6. The van der Waals surface area contributed by atoms with E-state index in [1.165, 1.54) is 12.1 Å². The van der Waals surface area contributed by atoms with Crippen LogP contribution in [-0.4, -0.2) is 47.3 Å². The first-order valence-corrected chi connectivity index (χ1v) is 12.3. The third-order valence-electron chi connectivity index (χ3n) is 6.43. The fourth-order valence-electron chi connectivity index (χ4n) is 4.47. The number of hydrogen-bond donors (Lipinski definition) is 2. The molecule has 38 heavy (non-hydrogen) atoms. The van der Waals surface area contributed by atoms with E-state index >= 15 is 0 Å². The second kappa shape index (κ2) is 11.6. The number of nitrogens with zero attached hydrogens (tertiary/aromatic N) is 1. The highest BCUT2D eigenvalue weighted by atomic mass is 19.4. The number of carbonyl (C=O) groups is 3. The molecule has 0 saturated carbocycles. The van der Waals surface area contributed by atoms with Crippen molar-refractivity contribution in [3.63, 3.8) is 0 Å². The number of aliphatic hydroxyl groups is 1. The van der Waals surface area contributed by atoms with Crippen molar-refractivity contribution in [3.05, 3.63) is 94.6 Å². The third kappa shape index (κ3) is 6.28. The van der Waals surface area contributed by atoms with E-state index in [0.717, 1.165) is 25.0 Å². The highest BCUT2D eigenvalue weighted by Crippen LogP contribution is 2.32. The van der Waals surface area contributed by atoms with Crippen molar-refractivity contribution in [2.75, 3.05) is 25.0 Å². The van der Waals surface area contributed by atoms with E-state index in [9.17, 15) is 27.6 Å². The molecule has 1 aliphatic heterocycles. The summed E-state index contributed by atoms with van der Waals surface area (Å²) in [6.07, 6.45) is 4.62. The number of likely N-dealkylation sites (tertiary alicyclic amines) is 1. The molecule has 0 aromatic heterocycles. The van der Waals surface area contributed by atoms with Crippen molar-refractivity contribution in [1.29, 1.82) is 0 Å². The minimum atomic E-state index is -4.47. The third-order valence-corrected chi connectivity index (χ3v) is 6.43. The molecule has 0 unspecified atom stereocenters. The molecule has 2 amide bonds. The van der Waals surface area contributed by atoms with Crippen LogP contribution in [-0.2, 0) is 22.2 Å². The lowest BCUT2D eigenvalue weighted by Gasteiger charge is -2.19. The lowest BCUT2D eigenvalue weighted by Crippen LogP contribution is -2.29. The summed E-state index contributed by atoms with van der Waals surface area (Å²) in [5.74, 6) is -1.20. The lowest BCUT2D eigenvalue weighted by molar-refractivity contribution is -0.137. The standard InChI is InChI=1S/C29H27F3N2O4/c30-29(31,32)21-11-9-20(10-12-21)23-6-2-1-3-7-24(23)27(37)33-26-13-8-19(16-22(36)18-35)17-25(26)28(38)34-14-4-5-15-34/h2-3,6-13,17,35H,1,4-5,14-16,18H2,(H,33,37). The summed E-state index contributed by atoms with van der Waals surface area (Å²) in [4.78, 5) is 40.2. The molecular weight excluding hydrogens is 497 g/mol. The van der Waals surface area contributed by atoms with Gasteiger partial charge in [0.1, 0.15) is 6.61 Å². The lowest BCUT2D eigenvalue weighted by atomic mass is 9.97. The highest BCUT2D eigenvalue weighted by molar-refractivity contribution is 6.14. The zero-order chi connectivity index (χ0) is 27.3. The van der Waals surface area contributed by atoms with Crippen LogP contribution in [0.5, 0.6) is 0 Å². The van der Waals surface area contributed by atoms with Crippen LogP contribution in [0.3, 0.4) is 0 Å². The van der Waals surface area contributed by atoms with E-state index < -0.39 is 30.0 Å². The summed E-state index contributed by atoms with van der Waals surface area (Å²) in [5, 5.41) is 11.9. The second-order valence-electron chi connectivity index (χ2n) is 9.15. The van der Waals surface area contributed by atoms with E-state index in [-0.39, 0.29) is 29.2 Å². The van der Waals surface area contributed by atoms with Crippen LogP contribution in [0.4, 0.5) is 18.9 Å². The van der Waals surface area contributed by atoms with Crippen molar-refractivity contribution in [3.8, 4) is 0 Å². The fraction of sp³-hybridized carbons (Fsp3) is 0.276. The molecule has 2 aliphatic rings. The predicted octanol–water partition coefficient (Wildman–Crippen LogP) is 4.95. The van der Waals surface area contributed by atoms with Gasteiger partial charge in [-0.05, 0) is 60.2 Å². The van der Waals surface area contributed by atoms with Gasteiger partial charge < -0.3 is 15.3 Å². The molecule has 1 aliphatic carbocycles. The SMILES string of the molecule is O=C(CO)Cc1ccc(NC(=O)C2=C(c3ccc(C(F)(F)F)cc3)C=CCC=C2)c(C(=O)N2CCCC2)c1. The van der Waals surface area contributed by atoms with Crippen LogP contribution in [0.1, 0.15) is 46.3 Å². The number of anilines is 1. The molecule has 2 N–H and O–H groups in total. The number of ketones is 1. The molecular formula is C29H27F3N2O4. The van der Waals surface area contributed by atoms with Gasteiger partial charge in [-0.2, -0.15) is 13.2 Å². The van der Waals surface area contributed by atoms with Gasteiger partial charge in [0.15, 0.2) is 5.78 Å². The molecule has 0 atom stereocenters. The molecule has 9 heteroatoms. The number of allylic oxidation sites excluding steroid dienone is 4. The number of amides is 2. The number of nitrogens with one attached hydrogen (secondary N) is 1. The molecule has 2 aromatic carbocycles. The van der Waals surface area contributed by atoms with Crippen LogP contribution < -0.4 is 5.32 Å². The largest absolute Gasteiger partial charge is 0.416 e. The van der Waals surface area contributed by atoms with E-state index in [0.29, 0.717) is 36.2 Å². The number of aliphatic hydroxyl groups excluding tert-OH is 1. The first-order valence-electron chi connectivity index (χ1n) is 12.3. The van der Waals surface area contributed by atoms with Gasteiger partial charge in [-0.3, -0.25) is 14.4 Å². The maximum Gasteiger partial charge on any atom is 0.416 e. The Morgan fingerprint density at radius 2 is 1.63 bits per heavy atom. The van der Waals surface area contributed by atoms with Crippen molar-refractivity contribution >= 4 is 28.9 Å². The van der Waals surface area contributed by atoms with Gasteiger partial charge in [-0.1, -0.05) is 42.5 Å². The predicted molar refractivity (Wildman–Crippen MR) is 137 cm³/mol. The van der Waals surface area contributed by atoms with Crippen molar-refractivity contribution in [1.82, 2.24) is 4.90 Å². The topological polar surface area (TPSA) is 86.7 Å². The summed E-state index contributed by atoms with van der Waals surface area (Å²) in [6, 6.07) is 9.30. The average molecular weight is 525 g/mol. The Bertz CT molecular complexity index is 1320. The zero-order valence-corrected chi connectivity index (χ0v) is 20.6. The first-order chi connectivity index (χ1) is 18.2. The minimum absolute atomic E-state index is 0.0538. The molecule has 0 spiro atoms. The maximum atomic E-state index is 13.5. The Morgan fingerprint density at radius 1 is 0.947 bits per heavy atom. The Labute approximate surface area is 218 Å². The van der Waals surface area contributed by atoms with Gasteiger partial charge >= 0.3 is 6.18 Å². The minimum Gasteiger partial charge on any atom is -0.389 e. The molecule has 2 aromatic rings. The highest BCUT2D eigenvalue weighted by Gasteiger charge is 2.30. The summed E-state index contributed by atoms with van der Waals surface area (Å²) < 4.78 is 39.1. The molecule has 198 valence electrons. The van der Waals surface area contributed by atoms with Gasteiger partial charge in [0.2, 0.25) is 0 Å². The smallest absolute Gasteiger partial charge is 0.389 e. The number of rotatable bonds is 7. The number of hydrogen-bond acceptors (Lipinski definition) is 4. The second-order valence-corrected chi connectivity index (χ2v) is 9.15. The van der Waals surface area contributed by atoms with E-state index in [2.05, 4.69) is 5.32 Å². The molecule has 1 saturated heterocycles. The summed E-state index contributed by atoms with van der Waals surface area (Å²) >= 11 is 0. The summed E-state index contributed by atoms with van der Waals surface area (Å²) in [6.45, 7) is 0.556. The van der Waals surface area contributed by atoms with Gasteiger partial charge in [-0.15, -0.1) is 0 Å². The fourth-order valence-corrected chi connectivity index (χ4v) is 4.47. The first kappa shape index (κ1) is 27.1. The van der Waals surface area contributed by atoms with Crippen LogP contribution in [0, 0.1) is 0 Å². The van der Waals surface area contributed by atoms with Crippen LogP contribution in [0.2, 0.25) is 0 Å². The normalized spacial score (nSPS) is 15.5. The van der Waals surface area contributed by atoms with E-state index in [4.69, 9.17) is 5.11 Å². The van der Waals surface area contributed by atoms with E-state index in [1.807, 2.05) is 0 Å². The Kier molecular flexibility index (Phi) is 8.26. The molecule has 0 radical (unpaired) electrons. The number of alkyl halides is 3. The Hall–Kier alpha value is -3.98. The average Bonchev–Trinajstić information content (AvgIpc) is 3.33. The van der Waals surface area contributed by atoms with Gasteiger partial charge in [0.25, 0.3) is 11.8 Å². The number of Topliss-reactive ketones (excluding diaryl/α,β-unsaturated/α-hetero) is 1. The van der Waals surface area contributed by atoms with Gasteiger partial charge in [0.05, 0.1) is 16.8 Å². The van der Waals surface area contributed by atoms with E-state index in [1.54, 1.807) is 47.4 Å². The van der Waals surface area contributed by atoms with Gasteiger partial charge in [-0.25, -0.2) is 0 Å². The van der Waals surface area contributed by atoms with Crippen molar-refractivity contribution < 1.29 is 32.7 Å². The molecule has 0 bridgehead atoms. The Morgan fingerprint density at radius 3 is 2.29 bits per heavy atom. The molecule has 6 nitrogen and oxygen atoms in total. The summed E-state index contributed by atoms with van der Waals surface area (Å²) in [7, 11) is 0. The van der Waals surface area contributed by atoms with Gasteiger partial charge in [0, 0.05) is 25.1 Å². The van der Waals surface area contributed by atoms with Crippen molar-refractivity contribution in [2.45, 2.75) is 31.9 Å². The van der Waals surface area contributed by atoms with Crippen molar-refractivity contribution in [2.24, 2.45) is 0 Å². The monoisotopic (exact) mass is 524 g/mol. The Balaban J connectivity index is 1.69. The summed E-state index contributed by atoms with van der Waals surface area (Å²) in [5.41, 5.74) is 1.36. The molecule has 1 heterocycles.